The Balaban J connectivity index is 2.26. The van der Waals surface area contributed by atoms with E-state index < -0.39 is 17.6 Å². The summed E-state index contributed by atoms with van der Waals surface area (Å²) in [7, 11) is 1.60. The van der Waals surface area contributed by atoms with Crippen LogP contribution >= 0.6 is 15.9 Å². The molecule has 0 spiro atoms. The van der Waals surface area contributed by atoms with Gasteiger partial charge in [-0.15, -0.1) is 0 Å². The number of halogens is 5. The highest BCUT2D eigenvalue weighted by atomic mass is 79.9. The number of aromatic nitrogens is 2. The van der Waals surface area contributed by atoms with E-state index in [1.54, 1.807) is 31.3 Å². The van der Waals surface area contributed by atoms with Crippen LogP contribution in [0, 0.1) is 5.82 Å². The van der Waals surface area contributed by atoms with Crippen LogP contribution in [0.5, 0.6) is 0 Å². The Morgan fingerprint density at radius 1 is 1.08 bits per heavy atom. The molecule has 25 heavy (non-hydrogen) atoms. The highest BCUT2D eigenvalue weighted by Gasteiger charge is 2.35. The molecule has 1 aromatic heterocycles. The zero-order valence-electron chi connectivity index (χ0n) is 13.0. The lowest BCUT2D eigenvalue weighted by Gasteiger charge is -2.15. The average Bonchev–Trinajstić information content (AvgIpc) is 2.54. The molecule has 0 unspecified atom stereocenters. The molecule has 1 heterocycles. The van der Waals surface area contributed by atoms with E-state index in [0.717, 1.165) is 12.1 Å². The summed E-state index contributed by atoms with van der Waals surface area (Å²) in [6, 6.07) is 8.74. The number of hydrogen-bond acceptors (Lipinski definition) is 3. The first-order chi connectivity index (χ1) is 11.8. The van der Waals surface area contributed by atoms with Crippen LogP contribution in [0.25, 0.3) is 22.3 Å². The van der Waals surface area contributed by atoms with Gasteiger partial charge in [0.05, 0.1) is 16.6 Å². The van der Waals surface area contributed by atoms with Crippen LogP contribution < -0.4 is 5.32 Å². The van der Waals surface area contributed by atoms with Crippen molar-refractivity contribution in [1.29, 1.82) is 0 Å². The Morgan fingerprint density at radius 2 is 1.72 bits per heavy atom. The first kappa shape index (κ1) is 17.8. The Bertz CT molecular complexity index is 941. The highest BCUT2D eigenvalue weighted by Crippen LogP contribution is 2.37. The lowest BCUT2D eigenvalue weighted by molar-refractivity contribution is -0.140. The van der Waals surface area contributed by atoms with Crippen molar-refractivity contribution >= 4 is 27.0 Å². The van der Waals surface area contributed by atoms with Gasteiger partial charge in [-0.2, -0.15) is 13.2 Å². The van der Waals surface area contributed by atoms with Crippen molar-refractivity contribution in [3.63, 3.8) is 0 Å². The topological polar surface area (TPSA) is 37.8 Å². The van der Waals surface area contributed by atoms with Gasteiger partial charge in [-0.05, 0) is 52.8 Å². The molecule has 3 nitrogen and oxygen atoms in total. The number of nitrogens with zero attached hydrogens (tertiary/aromatic N) is 2. The van der Waals surface area contributed by atoms with Gasteiger partial charge >= 0.3 is 6.18 Å². The van der Waals surface area contributed by atoms with E-state index >= 15 is 0 Å². The molecule has 0 atom stereocenters. The minimum atomic E-state index is -4.77. The minimum Gasteiger partial charge on any atom is -0.316 e. The van der Waals surface area contributed by atoms with E-state index in [9.17, 15) is 17.6 Å². The second-order valence-corrected chi connectivity index (χ2v) is 6.12. The lowest BCUT2D eigenvalue weighted by atomic mass is 10.00. The van der Waals surface area contributed by atoms with Crippen molar-refractivity contribution in [3.8, 4) is 11.3 Å². The fourth-order valence-electron chi connectivity index (χ4n) is 2.54. The number of nitrogens with one attached hydrogen (secondary N) is 1. The Hall–Kier alpha value is -2.06. The summed E-state index contributed by atoms with van der Waals surface area (Å²) < 4.78 is 53.4. The molecule has 0 bridgehead atoms. The van der Waals surface area contributed by atoms with E-state index in [2.05, 4.69) is 31.2 Å². The van der Waals surface area contributed by atoms with E-state index in [1.807, 2.05) is 0 Å². The van der Waals surface area contributed by atoms with Crippen molar-refractivity contribution in [2.24, 2.45) is 0 Å². The van der Waals surface area contributed by atoms with E-state index in [1.165, 1.54) is 0 Å². The molecular formula is C17H12BrF4N3. The zero-order valence-corrected chi connectivity index (χ0v) is 14.5. The predicted molar refractivity (Wildman–Crippen MR) is 90.4 cm³/mol. The van der Waals surface area contributed by atoms with Crippen LogP contribution in [0.1, 0.15) is 11.1 Å². The molecule has 2 aromatic carbocycles. The van der Waals surface area contributed by atoms with Gasteiger partial charge < -0.3 is 5.32 Å². The van der Waals surface area contributed by atoms with E-state index in [0.29, 0.717) is 15.6 Å². The first-order valence-electron chi connectivity index (χ1n) is 7.28. The highest BCUT2D eigenvalue weighted by molar-refractivity contribution is 9.10. The molecule has 3 aromatic rings. The van der Waals surface area contributed by atoms with Crippen molar-refractivity contribution in [1.82, 2.24) is 15.3 Å². The van der Waals surface area contributed by atoms with Gasteiger partial charge in [-0.3, -0.25) is 0 Å². The third kappa shape index (κ3) is 3.50. The van der Waals surface area contributed by atoms with E-state index in [4.69, 9.17) is 0 Å². The summed E-state index contributed by atoms with van der Waals surface area (Å²) in [6.07, 6.45) is -4.77. The molecule has 130 valence electrons. The van der Waals surface area contributed by atoms with E-state index in [-0.39, 0.29) is 23.4 Å². The Labute approximate surface area is 149 Å². The van der Waals surface area contributed by atoms with Gasteiger partial charge in [0, 0.05) is 12.1 Å². The largest absolute Gasteiger partial charge is 0.419 e. The molecule has 0 aliphatic heterocycles. The first-order valence-corrected chi connectivity index (χ1v) is 8.07. The quantitative estimate of drug-likeness (QED) is 0.618. The van der Waals surface area contributed by atoms with Crippen LogP contribution in [0.4, 0.5) is 17.6 Å². The molecule has 0 saturated heterocycles. The number of rotatable bonds is 3. The maximum Gasteiger partial charge on any atom is 0.419 e. The fraction of sp³-hybridized carbons (Fsp3) is 0.176. The van der Waals surface area contributed by atoms with Crippen LogP contribution in [-0.4, -0.2) is 17.0 Å². The van der Waals surface area contributed by atoms with Gasteiger partial charge in [0.15, 0.2) is 0 Å². The van der Waals surface area contributed by atoms with Crippen molar-refractivity contribution < 1.29 is 17.6 Å². The number of alkyl halides is 3. The molecule has 0 fully saturated rings. The predicted octanol–water partition coefficient (Wildman–Crippen LogP) is 4.94. The molecule has 0 amide bonds. The second kappa shape index (κ2) is 6.68. The second-order valence-electron chi connectivity index (χ2n) is 5.37. The summed E-state index contributed by atoms with van der Waals surface area (Å²) in [5.41, 5.74) is 0.714. The third-order valence-electron chi connectivity index (χ3n) is 3.65. The Kier molecular flexibility index (Phi) is 4.75. The molecule has 8 heteroatoms. The molecule has 0 saturated carbocycles. The van der Waals surface area contributed by atoms with Gasteiger partial charge in [0.1, 0.15) is 16.1 Å². The SMILES string of the molecule is CNCc1cc(C(F)(F)F)c(F)cc1-c1nc2ccccc2nc1Br. The standard InChI is InChI=1S/C17H12BrF4N3/c1-23-8-9-6-11(17(20,21)22)12(19)7-10(9)15-16(18)25-14-5-3-2-4-13(14)24-15/h2-7,23H,8H2,1H3. The fourth-order valence-corrected chi connectivity index (χ4v) is 3.04. The number of hydrogen-bond donors (Lipinski definition) is 1. The molecule has 3 rings (SSSR count). The third-order valence-corrected chi connectivity index (χ3v) is 4.20. The molecule has 0 aliphatic rings. The van der Waals surface area contributed by atoms with Gasteiger partial charge in [-0.1, -0.05) is 12.1 Å². The van der Waals surface area contributed by atoms with Crippen LogP contribution in [0.3, 0.4) is 0 Å². The minimum absolute atomic E-state index is 0.125. The van der Waals surface area contributed by atoms with Gasteiger partial charge in [-0.25, -0.2) is 14.4 Å². The number of fused-ring (bicyclic) bond motifs is 1. The maximum absolute atomic E-state index is 14.1. The molecule has 0 radical (unpaired) electrons. The van der Waals surface area contributed by atoms with Crippen LogP contribution in [-0.2, 0) is 12.7 Å². The number of benzene rings is 2. The number of para-hydroxylation sites is 2. The monoisotopic (exact) mass is 413 g/mol. The van der Waals surface area contributed by atoms with Crippen molar-refractivity contribution in [2.45, 2.75) is 12.7 Å². The summed E-state index contributed by atoms with van der Waals surface area (Å²) >= 11 is 3.28. The van der Waals surface area contributed by atoms with Crippen molar-refractivity contribution in [3.05, 3.63) is 57.9 Å². The lowest BCUT2D eigenvalue weighted by Crippen LogP contribution is -2.13. The smallest absolute Gasteiger partial charge is 0.316 e. The van der Waals surface area contributed by atoms with Crippen LogP contribution in [0.2, 0.25) is 0 Å². The zero-order chi connectivity index (χ0) is 18.2. The molecule has 0 aliphatic carbocycles. The molecule has 1 N–H and O–H groups in total. The van der Waals surface area contributed by atoms with Gasteiger partial charge in [0.2, 0.25) is 0 Å². The maximum atomic E-state index is 14.1. The average molecular weight is 414 g/mol. The Morgan fingerprint density at radius 3 is 2.32 bits per heavy atom. The summed E-state index contributed by atoms with van der Waals surface area (Å²) in [5.74, 6) is -1.34. The van der Waals surface area contributed by atoms with Crippen molar-refractivity contribution in [2.75, 3.05) is 7.05 Å². The normalized spacial score (nSPS) is 11.9. The van der Waals surface area contributed by atoms with Gasteiger partial charge in [0.25, 0.3) is 0 Å². The summed E-state index contributed by atoms with van der Waals surface area (Å²) in [5, 5.41) is 2.80. The summed E-state index contributed by atoms with van der Waals surface area (Å²) in [4.78, 5) is 8.78. The van der Waals surface area contributed by atoms with Crippen LogP contribution in [0.15, 0.2) is 41.0 Å². The molecular weight excluding hydrogens is 402 g/mol. The summed E-state index contributed by atoms with van der Waals surface area (Å²) in [6.45, 7) is 0.125.